The maximum Gasteiger partial charge on any atom is 0.453 e. The Morgan fingerprint density at radius 2 is 1.83 bits per heavy atom. The Kier molecular flexibility index (Phi) is 8.17. The number of halogens is 5. The van der Waals surface area contributed by atoms with Crippen molar-refractivity contribution in [2.45, 2.75) is 26.1 Å². The predicted octanol–water partition coefficient (Wildman–Crippen LogP) is 7.48. The van der Waals surface area contributed by atoms with Gasteiger partial charge in [0.2, 0.25) is 11.2 Å². The summed E-state index contributed by atoms with van der Waals surface area (Å²) in [6, 6.07) is 13.2. The van der Waals surface area contributed by atoms with Crippen LogP contribution < -0.4 is 14.9 Å². The number of ether oxygens (including phenoxy) is 3. The number of hydrogen-bond acceptors (Lipinski definition) is 7. The molecule has 0 saturated carbocycles. The smallest absolute Gasteiger partial charge is 0.453 e. The Bertz CT molecular complexity index is 1670. The molecule has 2 heterocycles. The van der Waals surface area contributed by atoms with Crippen molar-refractivity contribution < 1.29 is 36.6 Å². The Balaban J connectivity index is 1.47. The zero-order valence-electron chi connectivity index (χ0n) is 21.5. The largest absolute Gasteiger partial charge is 0.478 e. The second-order valence-corrected chi connectivity index (χ2v) is 10.0. The van der Waals surface area contributed by atoms with Gasteiger partial charge in [-0.1, -0.05) is 29.3 Å². The van der Waals surface area contributed by atoms with E-state index in [1.807, 2.05) is 4.90 Å². The number of alkyl halides is 3. The molecule has 0 aliphatic carbocycles. The number of nitrogens with zero attached hydrogens (tertiary/aromatic N) is 1. The molecule has 1 aromatic heterocycles. The van der Waals surface area contributed by atoms with E-state index in [1.54, 1.807) is 25.1 Å². The number of carbonyl (C=O) groups is 1. The Labute approximate surface area is 241 Å². The van der Waals surface area contributed by atoms with Crippen LogP contribution in [-0.2, 0) is 23.9 Å². The van der Waals surface area contributed by atoms with E-state index >= 15 is 0 Å². The minimum Gasteiger partial charge on any atom is -0.478 e. The van der Waals surface area contributed by atoms with Crippen LogP contribution in [0.5, 0.6) is 17.2 Å². The summed E-state index contributed by atoms with van der Waals surface area (Å²) < 4.78 is 63.9. The molecule has 0 N–H and O–H groups in total. The van der Waals surface area contributed by atoms with Crippen molar-refractivity contribution in [3.63, 3.8) is 0 Å². The molecule has 0 fully saturated rings. The van der Waals surface area contributed by atoms with Gasteiger partial charge in [0.15, 0.2) is 0 Å². The third kappa shape index (κ3) is 6.14. The molecule has 214 valence electrons. The van der Waals surface area contributed by atoms with Crippen molar-refractivity contribution in [3.05, 3.63) is 97.3 Å². The second-order valence-electron chi connectivity index (χ2n) is 9.16. The SMILES string of the molecule is CCOC(=O)c1ccc(Oc2c(C(F)(F)F)oc3c4c(ccc3c2=O)OCN(CCc2ccc(Cl)cc2Cl)C4)cc1. The molecule has 4 aromatic rings. The predicted molar refractivity (Wildman–Crippen MR) is 146 cm³/mol. The van der Waals surface area contributed by atoms with Gasteiger partial charge in [-0.3, -0.25) is 9.69 Å². The van der Waals surface area contributed by atoms with E-state index in [0.29, 0.717) is 34.3 Å². The average molecular weight is 608 g/mol. The molecular formula is C29H22Cl2F3NO6. The molecule has 0 spiro atoms. The highest BCUT2D eigenvalue weighted by atomic mass is 35.5. The van der Waals surface area contributed by atoms with Crippen LogP contribution in [0.2, 0.25) is 10.0 Å². The van der Waals surface area contributed by atoms with E-state index in [2.05, 4.69) is 0 Å². The van der Waals surface area contributed by atoms with E-state index in [4.69, 9.17) is 41.8 Å². The van der Waals surface area contributed by atoms with Crippen molar-refractivity contribution in [3.8, 4) is 17.2 Å². The molecule has 0 unspecified atom stereocenters. The van der Waals surface area contributed by atoms with E-state index in [-0.39, 0.29) is 42.2 Å². The van der Waals surface area contributed by atoms with Gasteiger partial charge in [0, 0.05) is 23.1 Å². The minimum atomic E-state index is -5.04. The number of benzene rings is 3. The van der Waals surface area contributed by atoms with Gasteiger partial charge in [0.1, 0.15) is 23.8 Å². The van der Waals surface area contributed by atoms with Crippen LogP contribution in [0, 0.1) is 0 Å². The number of esters is 1. The van der Waals surface area contributed by atoms with Gasteiger partial charge < -0.3 is 18.6 Å². The van der Waals surface area contributed by atoms with Crippen molar-refractivity contribution in [1.29, 1.82) is 0 Å². The Hall–Kier alpha value is -3.73. The first kappa shape index (κ1) is 28.8. The van der Waals surface area contributed by atoms with Gasteiger partial charge in [-0.05, 0) is 67.4 Å². The quantitative estimate of drug-likeness (QED) is 0.201. The first-order valence-electron chi connectivity index (χ1n) is 12.5. The van der Waals surface area contributed by atoms with Crippen LogP contribution >= 0.6 is 23.2 Å². The molecule has 0 radical (unpaired) electrons. The fraction of sp³-hybridized carbons (Fsp3) is 0.241. The minimum absolute atomic E-state index is 0.0940. The van der Waals surface area contributed by atoms with Crippen molar-refractivity contribution in [1.82, 2.24) is 4.90 Å². The summed E-state index contributed by atoms with van der Waals surface area (Å²) in [5, 5.41) is 0.916. The Morgan fingerprint density at radius 3 is 2.51 bits per heavy atom. The summed E-state index contributed by atoms with van der Waals surface area (Å²) in [6.45, 7) is 2.63. The highest BCUT2D eigenvalue weighted by molar-refractivity contribution is 6.35. The Morgan fingerprint density at radius 1 is 1.07 bits per heavy atom. The van der Waals surface area contributed by atoms with Crippen LogP contribution in [0.25, 0.3) is 11.0 Å². The fourth-order valence-electron chi connectivity index (χ4n) is 4.41. The van der Waals surface area contributed by atoms with Crippen molar-refractivity contribution in [2.24, 2.45) is 0 Å². The molecule has 7 nitrogen and oxygen atoms in total. The highest BCUT2D eigenvalue weighted by Crippen LogP contribution is 2.41. The first-order chi connectivity index (χ1) is 19.5. The lowest BCUT2D eigenvalue weighted by Crippen LogP contribution is -2.34. The van der Waals surface area contributed by atoms with E-state index < -0.39 is 29.1 Å². The average Bonchev–Trinajstić information content (AvgIpc) is 2.93. The van der Waals surface area contributed by atoms with Crippen molar-refractivity contribution in [2.75, 3.05) is 19.9 Å². The van der Waals surface area contributed by atoms with Gasteiger partial charge in [0.25, 0.3) is 5.76 Å². The standard InChI is InChI=1S/C29H22Cl2F3NO6/c1-2-38-28(37)17-4-7-19(8-5-17)40-26-24(36)20-9-10-23-21(25(20)41-27(26)29(32,33)34)14-35(15-39-23)12-11-16-3-6-18(30)13-22(16)31/h3-10,13H,2,11-12,14-15H2,1H3. The van der Waals surface area contributed by atoms with E-state index in [0.717, 1.165) is 5.56 Å². The lowest BCUT2D eigenvalue weighted by molar-refractivity contribution is -0.154. The van der Waals surface area contributed by atoms with Crippen LogP contribution in [0.4, 0.5) is 13.2 Å². The van der Waals surface area contributed by atoms with Gasteiger partial charge in [-0.15, -0.1) is 0 Å². The zero-order chi connectivity index (χ0) is 29.3. The molecule has 1 aliphatic heterocycles. The second kappa shape index (κ2) is 11.6. The number of rotatable bonds is 7. The van der Waals surface area contributed by atoms with Gasteiger partial charge in [-0.2, -0.15) is 13.2 Å². The van der Waals surface area contributed by atoms with Gasteiger partial charge >= 0.3 is 12.1 Å². The molecule has 3 aromatic carbocycles. The lowest BCUT2D eigenvalue weighted by atomic mass is 10.1. The highest BCUT2D eigenvalue weighted by Gasteiger charge is 2.41. The number of hydrogen-bond donors (Lipinski definition) is 0. The summed E-state index contributed by atoms with van der Waals surface area (Å²) in [4.78, 5) is 27.1. The zero-order valence-corrected chi connectivity index (χ0v) is 23.0. The fourth-order valence-corrected chi connectivity index (χ4v) is 4.91. The third-order valence-electron chi connectivity index (χ3n) is 6.42. The summed E-state index contributed by atoms with van der Waals surface area (Å²) in [6.07, 6.45) is -4.51. The van der Waals surface area contributed by atoms with Gasteiger partial charge in [-0.25, -0.2) is 4.79 Å². The van der Waals surface area contributed by atoms with Gasteiger partial charge in [0.05, 0.1) is 23.1 Å². The van der Waals surface area contributed by atoms with Crippen LogP contribution in [0.3, 0.4) is 0 Å². The summed E-state index contributed by atoms with van der Waals surface area (Å²) >= 11 is 12.2. The molecule has 0 bridgehead atoms. The molecule has 5 rings (SSSR count). The maximum absolute atomic E-state index is 14.2. The third-order valence-corrected chi connectivity index (χ3v) is 7.01. The number of carbonyl (C=O) groups excluding carboxylic acids is 1. The number of fused-ring (bicyclic) bond motifs is 3. The summed E-state index contributed by atoms with van der Waals surface area (Å²) in [5.74, 6) is -2.97. The van der Waals surface area contributed by atoms with Crippen LogP contribution in [0.1, 0.15) is 34.2 Å². The molecule has 12 heteroatoms. The van der Waals surface area contributed by atoms with E-state index in [9.17, 15) is 22.8 Å². The lowest BCUT2D eigenvalue weighted by Gasteiger charge is -2.29. The summed E-state index contributed by atoms with van der Waals surface area (Å²) in [7, 11) is 0. The maximum atomic E-state index is 14.2. The first-order valence-corrected chi connectivity index (χ1v) is 13.2. The van der Waals surface area contributed by atoms with E-state index in [1.165, 1.54) is 36.4 Å². The molecule has 1 aliphatic rings. The van der Waals surface area contributed by atoms with Crippen molar-refractivity contribution >= 4 is 40.1 Å². The molecule has 41 heavy (non-hydrogen) atoms. The van der Waals surface area contributed by atoms with Crippen LogP contribution in [-0.4, -0.2) is 30.8 Å². The molecule has 0 saturated heterocycles. The molecule has 0 amide bonds. The molecule has 0 atom stereocenters. The summed E-state index contributed by atoms with van der Waals surface area (Å²) in [5.41, 5.74) is 0.0990. The normalized spacial score (nSPS) is 13.5. The topological polar surface area (TPSA) is 78.2 Å². The van der Waals surface area contributed by atoms with Crippen LogP contribution in [0.15, 0.2) is 63.8 Å². The molecular weight excluding hydrogens is 586 g/mol. The monoisotopic (exact) mass is 607 g/mol.